The van der Waals surface area contributed by atoms with E-state index in [2.05, 4.69) is 161 Å². The van der Waals surface area contributed by atoms with Gasteiger partial charge in [0.1, 0.15) is 35.9 Å². The van der Waals surface area contributed by atoms with Crippen LogP contribution < -0.4 is 35.7 Å². The highest BCUT2D eigenvalue weighted by Gasteiger charge is 2.45. The number of hydrogen-bond acceptors (Lipinski definition) is 6. The molecule has 0 saturated heterocycles. The molecule has 0 amide bonds. The molecule has 3 aliphatic heterocycles. The quantitative estimate of drug-likeness (QED) is 0.165. The number of hydrogen-bond donors (Lipinski definition) is 0. The third-order valence-electron chi connectivity index (χ3n) is 13.0. The molecule has 2 aromatic heterocycles. The van der Waals surface area contributed by atoms with Crippen LogP contribution >= 0.6 is 0 Å². The Bertz CT molecular complexity index is 3210. The lowest BCUT2D eigenvalue weighted by Crippen LogP contribution is -2.61. The Balaban J connectivity index is 1.12. The molecule has 0 N–H and O–H groups in total. The van der Waals surface area contributed by atoms with Crippen LogP contribution in [-0.2, 0) is 5.41 Å². The Hall–Kier alpha value is -7.12. The fourth-order valence-corrected chi connectivity index (χ4v) is 10.1. The van der Waals surface area contributed by atoms with Gasteiger partial charge in [0, 0.05) is 56.4 Å². The summed E-state index contributed by atoms with van der Waals surface area (Å²) in [7, 11) is 0. The second-order valence-electron chi connectivity index (χ2n) is 18.2. The average molecular weight is 809 g/mol. The Morgan fingerprint density at radius 1 is 0.516 bits per heavy atom. The van der Waals surface area contributed by atoms with Gasteiger partial charge >= 0.3 is 0 Å². The van der Waals surface area contributed by atoms with Crippen LogP contribution in [0.4, 0.5) is 34.1 Å². The topological polar surface area (TPSA) is 51.2 Å². The Morgan fingerprint density at radius 3 is 1.71 bits per heavy atom. The Kier molecular flexibility index (Phi) is 7.96. The summed E-state index contributed by atoms with van der Waals surface area (Å²) in [6.45, 7) is 14.5. The third-order valence-corrected chi connectivity index (χ3v) is 13.0. The first kappa shape index (κ1) is 36.7. The monoisotopic (exact) mass is 808 g/mol. The number of aryl methyl sites for hydroxylation is 3. The molecule has 3 aliphatic rings. The fraction of sp³-hybridized carbons (Fsp3) is 0.164. The van der Waals surface area contributed by atoms with Gasteiger partial charge in [-0.3, -0.25) is 0 Å². The number of anilines is 6. The zero-order valence-corrected chi connectivity index (χ0v) is 35.8. The molecule has 0 spiro atoms. The zero-order chi connectivity index (χ0) is 42.0. The SMILES string of the molecule is Cc1cc2c3c(c1)N(c1c(C)cc(C(C)(C)C)cc1C)c1cc4c(cc1B3c1cc(-c3cc5ccccc5o3)ccc1N2c1ccc(-c2cc3ccccc3o2)cc1)OCCO4. The van der Waals surface area contributed by atoms with Gasteiger partial charge in [0.15, 0.2) is 11.5 Å². The molecule has 0 atom stereocenters. The van der Waals surface area contributed by atoms with E-state index in [0.717, 1.165) is 84.5 Å². The summed E-state index contributed by atoms with van der Waals surface area (Å²) in [4.78, 5) is 4.95. The molecule has 7 aromatic carbocycles. The van der Waals surface area contributed by atoms with Crippen molar-refractivity contribution in [3.63, 3.8) is 0 Å². The van der Waals surface area contributed by atoms with Crippen LogP contribution in [-0.4, -0.2) is 19.9 Å². The largest absolute Gasteiger partial charge is 0.486 e. The number of benzene rings is 7. The van der Waals surface area contributed by atoms with E-state index in [1.807, 2.05) is 30.3 Å². The van der Waals surface area contributed by atoms with Crippen molar-refractivity contribution in [3.8, 4) is 34.1 Å². The Morgan fingerprint density at radius 2 is 1.08 bits per heavy atom. The van der Waals surface area contributed by atoms with Crippen molar-refractivity contribution in [1.82, 2.24) is 0 Å². The highest BCUT2D eigenvalue weighted by Crippen LogP contribution is 2.49. The minimum absolute atomic E-state index is 0.00736. The van der Waals surface area contributed by atoms with Gasteiger partial charge in [0.25, 0.3) is 6.71 Å². The highest BCUT2D eigenvalue weighted by molar-refractivity contribution is 7.00. The van der Waals surface area contributed by atoms with Gasteiger partial charge in [0.05, 0.1) is 5.69 Å². The average Bonchev–Trinajstić information content (AvgIpc) is 3.91. The van der Waals surface area contributed by atoms with Crippen LogP contribution in [0.25, 0.3) is 44.6 Å². The molecule has 7 heteroatoms. The van der Waals surface area contributed by atoms with E-state index in [-0.39, 0.29) is 12.1 Å². The maximum atomic E-state index is 6.54. The molecule has 6 nitrogen and oxygen atoms in total. The van der Waals surface area contributed by atoms with E-state index in [1.54, 1.807) is 0 Å². The lowest BCUT2D eigenvalue weighted by atomic mass is 9.33. The summed E-state index contributed by atoms with van der Waals surface area (Å²) in [5.41, 5.74) is 19.2. The summed E-state index contributed by atoms with van der Waals surface area (Å²) >= 11 is 0. The molecule has 0 aliphatic carbocycles. The summed E-state index contributed by atoms with van der Waals surface area (Å²) in [6, 6.07) is 50.3. The second kappa shape index (κ2) is 13.4. The van der Waals surface area contributed by atoms with E-state index in [0.29, 0.717) is 13.2 Å². The molecule has 12 rings (SSSR count). The third kappa shape index (κ3) is 5.64. The van der Waals surface area contributed by atoms with E-state index in [1.165, 1.54) is 44.3 Å². The van der Waals surface area contributed by atoms with Crippen molar-refractivity contribution in [2.24, 2.45) is 0 Å². The number of nitrogens with zero attached hydrogens (tertiary/aromatic N) is 2. The van der Waals surface area contributed by atoms with Crippen LogP contribution in [0.2, 0.25) is 0 Å². The van der Waals surface area contributed by atoms with E-state index in [9.17, 15) is 0 Å². The Labute approximate surface area is 362 Å². The van der Waals surface area contributed by atoms with Crippen molar-refractivity contribution in [2.75, 3.05) is 23.0 Å². The van der Waals surface area contributed by atoms with Crippen LogP contribution in [0.15, 0.2) is 148 Å². The molecule has 0 saturated carbocycles. The van der Waals surface area contributed by atoms with E-state index >= 15 is 0 Å². The first-order valence-electron chi connectivity index (χ1n) is 21.6. The number of ether oxygens (including phenoxy) is 2. The highest BCUT2D eigenvalue weighted by atomic mass is 16.6. The van der Waals surface area contributed by atoms with Crippen LogP contribution in [0.3, 0.4) is 0 Å². The minimum Gasteiger partial charge on any atom is -0.486 e. The summed E-state index contributed by atoms with van der Waals surface area (Å²) < 4.78 is 25.6. The predicted octanol–water partition coefficient (Wildman–Crippen LogP) is 12.6. The molecule has 0 bridgehead atoms. The normalized spacial score (nSPS) is 14.0. The van der Waals surface area contributed by atoms with E-state index in [4.69, 9.17) is 18.3 Å². The van der Waals surface area contributed by atoms with Gasteiger partial charge in [-0.25, -0.2) is 0 Å². The second-order valence-corrected chi connectivity index (χ2v) is 18.2. The molecule has 0 radical (unpaired) electrons. The van der Waals surface area contributed by atoms with Gasteiger partial charge in [0.2, 0.25) is 0 Å². The molecule has 0 unspecified atom stereocenters. The predicted molar refractivity (Wildman–Crippen MR) is 255 cm³/mol. The molecular formula is C55H45BN2O4. The van der Waals surface area contributed by atoms with Gasteiger partial charge in [-0.1, -0.05) is 75.4 Å². The molecule has 9 aromatic rings. The summed E-state index contributed by atoms with van der Waals surface area (Å²) in [6.07, 6.45) is 0. The first-order valence-corrected chi connectivity index (χ1v) is 21.6. The van der Waals surface area contributed by atoms with Gasteiger partial charge in [-0.05, 0) is 144 Å². The number of rotatable bonds is 4. The fourth-order valence-electron chi connectivity index (χ4n) is 10.1. The number of furan rings is 2. The lowest BCUT2D eigenvalue weighted by Gasteiger charge is -2.45. The van der Waals surface area contributed by atoms with Gasteiger partial charge in [-0.15, -0.1) is 0 Å². The maximum absolute atomic E-state index is 6.54. The van der Waals surface area contributed by atoms with E-state index < -0.39 is 0 Å². The molecular weight excluding hydrogens is 763 g/mol. The van der Waals surface area contributed by atoms with Crippen LogP contribution in [0.1, 0.15) is 43.0 Å². The number of fused-ring (bicyclic) bond motifs is 7. The molecule has 0 fully saturated rings. The van der Waals surface area contributed by atoms with Crippen molar-refractivity contribution in [3.05, 3.63) is 162 Å². The molecule has 62 heavy (non-hydrogen) atoms. The number of para-hydroxylation sites is 2. The van der Waals surface area contributed by atoms with Crippen LogP contribution in [0.5, 0.6) is 11.5 Å². The zero-order valence-electron chi connectivity index (χ0n) is 35.8. The minimum atomic E-state index is -0.123. The maximum Gasteiger partial charge on any atom is 0.252 e. The van der Waals surface area contributed by atoms with Crippen molar-refractivity contribution in [1.29, 1.82) is 0 Å². The van der Waals surface area contributed by atoms with Gasteiger partial charge in [-0.2, -0.15) is 0 Å². The standard InChI is InChI=1S/C55H45BN2O4/c1-32-23-45-53-46(24-32)58(54-33(2)25-39(26-34(54)3)55(4,5)6)44-31-52-51(59-21-22-60-52)30-42(44)56(53)41-27-38(50-29-37-12-8-10-14-48(37)62-50)17-20-43(41)57(45)40-18-15-35(16-19-40)49-28-36-11-7-9-13-47(36)61-49/h7-20,23-31H,21-22H2,1-6H3. The molecule has 5 heterocycles. The van der Waals surface area contributed by atoms with Crippen molar-refractivity contribution < 1.29 is 18.3 Å². The summed E-state index contributed by atoms with van der Waals surface area (Å²) in [5.74, 6) is 3.25. The summed E-state index contributed by atoms with van der Waals surface area (Å²) in [5, 5.41) is 2.18. The van der Waals surface area contributed by atoms with Crippen molar-refractivity contribution >= 4 is 79.2 Å². The van der Waals surface area contributed by atoms with Crippen molar-refractivity contribution in [2.45, 2.75) is 47.0 Å². The lowest BCUT2D eigenvalue weighted by molar-refractivity contribution is 0.172. The molecule has 302 valence electrons. The smallest absolute Gasteiger partial charge is 0.252 e. The van der Waals surface area contributed by atoms with Gasteiger partial charge < -0.3 is 28.1 Å². The first-order chi connectivity index (χ1) is 30.1. The van der Waals surface area contributed by atoms with Crippen LogP contribution in [0, 0.1) is 20.8 Å².